The summed E-state index contributed by atoms with van der Waals surface area (Å²) in [5, 5.41) is 3.30. The molecule has 0 amide bonds. The Morgan fingerprint density at radius 1 is 0.359 bits per heavy atom. The summed E-state index contributed by atoms with van der Waals surface area (Å²) >= 11 is 0. The second kappa shape index (κ2) is 14.8. The summed E-state index contributed by atoms with van der Waals surface area (Å²) in [6, 6.07) is 53.3. The van der Waals surface area contributed by atoms with E-state index in [1.54, 1.807) is 18.2 Å². The van der Waals surface area contributed by atoms with Crippen LogP contribution in [-0.4, -0.2) is 19.5 Å². The van der Waals surface area contributed by atoms with E-state index in [2.05, 4.69) is 6.07 Å². The highest BCUT2D eigenvalue weighted by Crippen LogP contribution is 2.43. The lowest BCUT2D eigenvalue weighted by Gasteiger charge is -2.17. The van der Waals surface area contributed by atoms with Crippen molar-refractivity contribution in [3.8, 4) is 62.1 Å². The van der Waals surface area contributed by atoms with Crippen molar-refractivity contribution in [2.75, 3.05) is 0 Å². The molecule has 11 heteroatoms. The molecule has 0 N–H and O–H groups in total. The van der Waals surface area contributed by atoms with Crippen LogP contribution in [-0.2, 0) is 12.4 Å². The van der Waals surface area contributed by atoms with Gasteiger partial charge in [0, 0.05) is 38.2 Å². The van der Waals surface area contributed by atoms with E-state index in [4.69, 9.17) is 19.4 Å². The third-order valence-corrected chi connectivity index (χ3v) is 11.5. The van der Waals surface area contributed by atoms with Gasteiger partial charge in [-0.3, -0.25) is 0 Å². The first-order chi connectivity index (χ1) is 31.0. The number of aromatic nitrogens is 4. The lowest BCUT2D eigenvalue weighted by molar-refractivity contribution is -0.143. The fraction of sp³-hybridized carbons (Fsp3) is 0.0377. The fourth-order valence-corrected chi connectivity index (χ4v) is 8.46. The zero-order valence-electron chi connectivity index (χ0n) is 33.3. The predicted molar refractivity (Wildman–Crippen MR) is 239 cm³/mol. The van der Waals surface area contributed by atoms with Crippen LogP contribution in [0.3, 0.4) is 0 Å². The maximum absolute atomic E-state index is 14.0. The van der Waals surface area contributed by atoms with Crippen LogP contribution in [0.15, 0.2) is 186 Å². The van der Waals surface area contributed by atoms with E-state index in [9.17, 15) is 26.3 Å². The molecule has 11 aromatic rings. The molecule has 3 heterocycles. The van der Waals surface area contributed by atoms with Gasteiger partial charge in [-0.2, -0.15) is 26.3 Å². The molecule has 64 heavy (non-hydrogen) atoms. The van der Waals surface area contributed by atoms with Gasteiger partial charge in [-0.1, -0.05) is 115 Å². The van der Waals surface area contributed by atoms with Crippen LogP contribution >= 0.6 is 0 Å². The molecule has 0 spiro atoms. The monoisotopic (exact) mass is 852 g/mol. The third-order valence-electron chi connectivity index (χ3n) is 11.5. The summed E-state index contributed by atoms with van der Waals surface area (Å²) < 4.78 is 92.1. The van der Waals surface area contributed by atoms with Crippen molar-refractivity contribution < 1.29 is 30.8 Å². The molecule has 0 aliphatic heterocycles. The van der Waals surface area contributed by atoms with E-state index < -0.39 is 23.5 Å². The Morgan fingerprint density at radius 2 is 0.859 bits per heavy atom. The van der Waals surface area contributed by atoms with Crippen molar-refractivity contribution in [2.24, 2.45) is 0 Å². The van der Waals surface area contributed by atoms with Crippen molar-refractivity contribution in [1.29, 1.82) is 0 Å². The Kier molecular flexibility index (Phi) is 8.98. The highest BCUT2D eigenvalue weighted by Gasteiger charge is 2.37. The number of hydrogen-bond acceptors (Lipinski definition) is 4. The second-order valence-electron chi connectivity index (χ2n) is 15.5. The lowest BCUT2D eigenvalue weighted by Crippen LogP contribution is -2.11. The summed E-state index contributed by atoms with van der Waals surface area (Å²) in [6.45, 7) is 0. The highest BCUT2D eigenvalue weighted by atomic mass is 19.4. The van der Waals surface area contributed by atoms with Crippen molar-refractivity contribution >= 4 is 43.7 Å². The number of fused-ring (bicyclic) bond motifs is 6. The van der Waals surface area contributed by atoms with Gasteiger partial charge in [0.25, 0.3) is 0 Å². The Hall–Kier alpha value is -8.05. The molecule has 0 radical (unpaired) electrons. The number of nitrogens with zero attached hydrogens (tertiary/aromatic N) is 4. The molecule has 0 fully saturated rings. The Morgan fingerprint density at radius 3 is 1.53 bits per heavy atom. The molecule has 0 aliphatic carbocycles. The first kappa shape index (κ1) is 38.8. The van der Waals surface area contributed by atoms with Gasteiger partial charge < -0.3 is 8.98 Å². The van der Waals surface area contributed by atoms with Gasteiger partial charge >= 0.3 is 12.4 Å². The molecule has 0 saturated carbocycles. The zero-order valence-corrected chi connectivity index (χ0v) is 33.3. The van der Waals surface area contributed by atoms with Gasteiger partial charge in [-0.15, -0.1) is 0 Å². The number of halogens is 6. The first-order valence-corrected chi connectivity index (χ1v) is 20.2. The number of hydrogen-bond donors (Lipinski definition) is 0. The standard InChI is InChI=1S/C53H30F6N4O/c54-52(55,56)37-25-36(26-38(30-37)53(57,58)59)35-20-22-45-41(27-35)39-15-7-9-17-44(39)63(45)46-23-19-33(34-21-24-48-42(28-34)40-16-8-10-18-47(40)64-48)29-43(46)51-61-49(31-11-3-1-4-12-31)60-50(62-51)32-13-5-2-6-14-32/h1-30H. The minimum atomic E-state index is -4.99. The average Bonchev–Trinajstić information content (AvgIpc) is 3.86. The van der Waals surface area contributed by atoms with E-state index in [1.807, 2.05) is 144 Å². The minimum Gasteiger partial charge on any atom is -0.456 e. The van der Waals surface area contributed by atoms with Crippen LogP contribution < -0.4 is 0 Å². The zero-order chi connectivity index (χ0) is 43.7. The lowest BCUT2D eigenvalue weighted by atomic mass is 9.97. The molecule has 8 aromatic carbocycles. The molecular weight excluding hydrogens is 823 g/mol. The summed E-state index contributed by atoms with van der Waals surface area (Å²) in [6.07, 6.45) is -9.99. The number of alkyl halides is 6. The van der Waals surface area contributed by atoms with Crippen LogP contribution in [0.2, 0.25) is 0 Å². The van der Waals surface area contributed by atoms with E-state index in [0.29, 0.717) is 39.6 Å². The Labute approximate surface area is 360 Å². The van der Waals surface area contributed by atoms with Crippen LogP contribution in [0.5, 0.6) is 0 Å². The summed E-state index contributed by atoms with van der Waals surface area (Å²) in [7, 11) is 0. The smallest absolute Gasteiger partial charge is 0.416 e. The highest BCUT2D eigenvalue weighted by molar-refractivity contribution is 6.11. The molecule has 11 rings (SSSR count). The van der Waals surface area contributed by atoms with Gasteiger partial charge in [-0.25, -0.2) is 15.0 Å². The molecular formula is C53H30F6N4O. The van der Waals surface area contributed by atoms with Gasteiger partial charge in [0.05, 0.1) is 27.8 Å². The van der Waals surface area contributed by atoms with Crippen molar-refractivity contribution in [1.82, 2.24) is 19.5 Å². The van der Waals surface area contributed by atoms with E-state index in [1.165, 1.54) is 0 Å². The molecule has 5 nitrogen and oxygen atoms in total. The second-order valence-corrected chi connectivity index (χ2v) is 15.5. The number of para-hydroxylation sites is 2. The molecule has 0 aliphatic rings. The van der Waals surface area contributed by atoms with Gasteiger partial charge in [-0.05, 0) is 89.0 Å². The molecule has 0 atom stereocenters. The average molecular weight is 853 g/mol. The van der Waals surface area contributed by atoms with Gasteiger partial charge in [0.1, 0.15) is 11.2 Å². The van der Waals surface area contributed by atoms with E-state index >= 15 is 0 Å². The fourth-order valence-electron chi connectivity index (χ4n) is 8.46. The SMILES string of the molecule is FC(F)(F)c1cc(-c2ccc3c(c2)c2ccccc2n3-c2ccc(-c3ccc4oc5ccccc5c4c3)cc2-c2nc(-c3ccccc3)nc(-c3ccccc3)n2)cc(C(F)(F)F)c1. The van der Waals surface area contributed by atoms with Crippen molar-refractivity contribution in [3.05, 3.63) is 193 Å². The normalized spacial score (nSPS) is 12.2. The Balaban J connectivity index is 1.17. The first-order valence-electron chi connectivity index (χ1n) is 20.2. The molecule has 0 unspecified atom stereocenters. The molecule has 3 aromatic heterocycles. The van der Waals surface area contributed by atoms with Crippen LogP contribution in [0.1, 0.15) is 11.1 Å². The predicted octanol–water partition coefficient (Wildman–Crippen LogP) is 15.2. The maximum atomic E-state index is 14.0. The largest absolute Gasteiger partial charge is 0.456 e. The minimum absolute atomic E-state index is 0.141. The third kappa shape index (κ3) is 6.82. The van der Waals surface area contributed by atoms with Crippen LogP contribution in [0, 0.1) is 0 Å². The summed E-state index contributed by atoms with van der Waals surface area (Å²) in [5.41, 5.74) is 4.83. The van der Waals surface area contributed by atoms with E-state index in [0.717, 1.165) is 67.2 Å². The molecule has 310 valence electrons. The number of benzene rings is 8. The van der Waals surface area contributed by atoms with Crippen molar-refractivity contribution in [2.45, 2.75) is 12.4 Å². The van der Waals surface area contributed by atoms with Crippen molar-refractivity contribution in [3.63, 3.8) is 0 Å². The summed E-state index contributed by atoms with van der Waals surface area (Å²) in [4.78, 5) is 15.2. The summed E-state index contributed by atoms with van der Waals surface area (Å²) in [5.74, 6) is 1.29. The topological polar surface area (TPSA) is 56.7 Å². The molecule has 0 bridgehead atoms. The molecule has 0 saturated heterocycles. The number of furan rings is 1. The quantitative estimate of drug-likeness (QED) is 0.156. The van der Waals surface area contributed by atoms with Gasteiger partial charge in [0.15, 0.2) is 17.5 Å². The maximum Gasteiger partial charge on any atom is 0.416 e. The van der Waals surface area contributed by atoms with Crippen LogP contribution in [0.25, 0.3) is 106 Å². The Bertz CT molecular complexity index is 3500. The van der Waals surface area contributed by atoms with Crippen LogP contribution in [0.4, 0.5) is 26.3 Å². The number of rotatable bonds is 6. The van der Waals surface area contributed by atoms with E-state index in [-0.39, 0.29) is 17.2 Å². The van der Waals surface area contributed by atoms with Gasteiger partial charge in [0.2, 0.25) is 0 Å².